The molecular weight excluding hydrogens is 232 g/mol. The zero-order chi connectivity index (χ0) is 12.5. The van der Waals surface area contributed by atoms with Gasteiger partial charge in [0.25, 0.3) is 0 Å². The first-order valence-corrected chi connectivity index (χ1v) is 6.97. The monoisotopic (exact) mass is 254 g/mol. The van der Waals surface area contributed by atoms with Crippen molar-refractivity contribution in [3.63, 3.8) is 0 Å². The lowest BCUT2D eigenvalue weighted by atomic mass is 10.0. The molecule has 1 atom stereocenters. The van der Waals surface area contributed by atoms with Crippen molar-refractivity contribution in [3.05, 3.63) is 29.0 Å². The van der Waals surface area contributed by atoms with Crippen LogP contribution in [0.3, 0.4) is 0 Å². The lowest BCUT2D eigenvalue weighted by Gasteiger charge is -2.16. The fourth-order valence-electron chi connectivity index (χ4n) is 1.94. The molecular formula is C14H23ClN2. The van der Waals surface area contributed by atoms with E-state index in [1.54, 1.807) is 6.20 Å². The van der Waals surface area contributed by atoms with Crippen molar-refractivity contribution in [1.82, 2.24) is 10.3 Å². The van der Waals surface area contributed by atoms with Gasteiger partial charge in [-0.15, -0.1) is 0 Å². The lowest BCUT2D eigenvalue weighted by molar-refractivity contribution is 0.456. The van der Waals surface area contributed by atoms with Crippen LogP contribution in [0.2, 0.25) is 5.02 Å². The fourth-order valence-corrected chi connectivity index (χ4v) is 2.16. The smallest absolute Gasteiger partial charge is 0.0621 e. The number of halogens is 1. The summed E-state index contributed by atoms with van der Waals surface area (Å²) in [7, 11) is 0. The van der Waals surface area contributed by atoms with E-state index in [-0.39, 0.29) is 0 Å². The van der Waals surface area contributed by atoms with E-state index >= 15 is 0 Å². The molecule has 3 heteroatoms. The van der Waals surface area contributed by atoms with Gasteiger partial charge in [-0.3, -0.25) is 4.98 Å². The van der Waals surface area contributed by atoms with Gasteiger partial charge in [-0.25, -0.2) is 0 Å². The minimum atomic E-state index is 0.649. The topological polar surface area (TPSA) is 24.9 Å². The number of rotatable bonds is 8. The second-order valence-electron chi connectivity index (χ2n) is 4.42. The molecule has 1 N–H and O–H groups in total. The third-order valence-corrected chi connectivity index (χ3v) is 3.37. The Labute approximate surface area is 110 Å². The molecule has 0 saturated heterocycles. The molecule has 0 radical (unpaired) electrons. The zero-order valence-corrected chi connectivity index (χ0v) is 11.6. The van der Waals surface area contributed by atoms with Gasteiger partial charge in [-0.1, -0.05) is 25.4 Å². The Hall–Kier alpha value is -0.600. The molecule has 0 aromatic carbocycles. The first-order valence-electron chi connectivity index (χ1n) is 6.59. The first kappa shape index (κ1) is 14.5. The van der Waals surface area contributed by atoms with Gasteiger partial charge < -0.3 is 5.32 Å². The minimum Gasteiger partial charge on any atom is -0.314 e. The zero-order valence-electron chi connectivity index (χ0n) is 10.9. The maximum Gasteiger partial charge on any atom is 0.0621 e. The van der Waals surface area contributed by atoms with Crippen LogP contribution in [-0.2, 0) is 6.42 Å². The molecule has 17 heavy (non-hydrogen) atoms. The number of nitrogens with one attached hydrogen (secondary N) is 1. The summed E-state index contributed by atoms with van der Waals surface area (Å²) >= 11 is 6.08. The van der Waals surface area contributed by atoms with E-state index in [0.29, 0.717) is 6.04 Å². The molecule has 0 aliphatic rings. The molecule has 1 rings (SSSR count). The minimum absolute atomic E-state index is 0.649. The van der Waals surface area contributed by atoms with Gasteiger partial charge in [0.05, 0.1) is 5.02 Å². The SMILES string of the molecule is CCCNC(CC)CCCc1ccncc1Cl. The van der Waals surface area contributed by atoms with E-state index in [4.69, 9.17) is 11.6 Å². The van der Waals surface area contributed by atoms with Crippen LogP contribution in [0.5, 0.6) is 0 Å². The number of hydrogen-bond acceptors (Lipinski definition) is 2. The maximum absolute atomic E-state index is 6.08. The molecule has 0 amide bonds. The van der Waals surface area contributed by atoms with Crippen molar-refractivity contribution >= 4 is 11.6 Å². The molecule has 0 fully saturated rings. The highest BCUT2D eigenvalue weighted by atomic mass is 35.5. The fraction of sp³-hybridized carbons (Fsp3) is 0.643. The summed E-state index contributed by atoms with van der Waals surface area (Å²) in [5, 5.41) is 4.37. The Kier molecular flexibility index (Phi) is 7.22. The van der Waals surface area contributed by atoms with E-state index in [1.165, 1.54) is 31.2 Å². The van der Waals surface area contributed by atoms with Crippen LogP contribution in [0, 0.1) is 0 Å². The van der Waals surface area contributed by atoms with Crippen molar-refractivity contribution in [2.45, 2.75) is 52.0 Å². The maximum atomic E-state index is 6.08. The molecule has 1 aromatic heterocycles. The Morgan fingerprint density at radius 3 is 2.88 bits per heavy atom. The molecule has 0 spiro atoms. The second-order valence-corrected chi connectivity index (χ2v) is 4.83. The third-order valence-electron chi connectivity index (χ3n) is 3.03. The van der Waals surface area contributed by atoms with Gasteiger partial charge in [0.1, 0.15) is 0 Å². The van der Waals surface area contributed by atoms with Crippen LogP contribution >= 0.6 is 11.6 Å². The molecule has 96 valence electrons. The number of aryl methyl sites for hydroxylation is 1. The van der Waals surface area contributed by atoms with E-state index in [9.17, 15) is 0 Å². The van der Waals surface area contributed by atoms with E-state index in [2.05, 4.69) is 24.1 Å². The standard InChI is InChI=1S/C14H23ClN2/c1-3-9-17-13(4-2)7-5-6-12-8-10-16-11-14(12)15/h8,10-11,13,17H,3-7,9H2,1-2H3. The third kappa shape index (κ3) is 5.51. The van der Waals surface area contributed by atoms with Gasteiger partial charge in [-0.05, 0) is 50.3 Å². The second kappa shape index (κ2) is 8.48. The summed E-state index contributed by atoms with van der Waals surface area (Å²) in [6.45, 7) is 5.57. The highest BCUT2D eigenvalue weighted by Gasteiger charge is 2.05. The van der Waals surface area contributed by atoms with Crippen LogP contribution in [0.25, 0.3) is 0 Å². The summed E-state index contributed by atoms with van der Waals surface area (Å²) in [6.07, 6.45) is 9.38. The Balaban J connectivity index is 2.28. The predicted molar refractivity (Wildman–Crippen MR) is 74.6 cm³/mol. The molecule has 0 aliphatic carbocycles. The van der Waals surface area contributed by atoms with E-state index in [0.717, 1.165) is 18.0 Å². The average molecular weight is 255 g/mol. The molecule has 0 aliphatic heterocycles. The van der Waals surface area contributed by atoms with Gasteiger partial charge in [0, 0.05) is 18.4 Å². The summed E-state index contributed by atoms with van der Waals surface area (Å²) < 4.78 is 0. The molecule has 1 unspecified atom stereocenters. The van der Waals surface area contributed by atoms with Crippen LogP contribution in [0.4, 0.5) is 0 Å². The molecule has 2 nitrogen and oxygen atoms in total. The largest absolute Gasteiger partial charge is 0.314 e. The van der Waals surface area contributed by atoms with Crippen molar-refractivity contribution in [2.75, 3.05) is 6.54 Å². The number of pyridine rings is 1. The average Bonchev–Trinajstić information content (AvgIpc) is 2.35. The predicted octanol–water partition coefficient (Wildman–Crippen LogP) is 3.84. The van der Waals surface area contributed by atoms with Gasteiger partial charge in [0.2, 0.25) is 0 Å². The van der Waals surface area contributed by atoms with Crippen molar-refractivity contribution < 1.29 is 0 Å². The Morgan fingerprint density at radius 1 is 1.41 bits per heavy atom. The molecule has 1 heterocycles. The molecule has 0 saturated carbocycles. The van der Waals surface area contributed by atoms with Crippen LogP contribution in [0.15, 0.2) is 18.5 Å². The molecule has 0 bridgehead atoms. The van der Waals surface area contributed by atoms with Crippen molar-refractivity contribution in [1.29, 1.82) is 0 Å². The van der Waals surface area contributed by atoms with Crippen LogP contribution in [-0.4, -0.2) is 17.6 Å². The number of nitrogens with zero attached hydrogens (tertiary/aromatic N) is 1. The van der Waals surface area contributed by atoms with E-state index in [1.807, 2.05) is 12.3 Å². The first-order chi connectivity index (χ1) is 8.27. The van der Waals surface area contributed by atoms with Crippen molar-refractivity contribution in [3.8, 4) is 0 Å². The van der Waals surface area contributed by atoms with Crippen LogP contribution in [0.1, 0.15) is 45.1 Å². The van der Waals surface area contributed by atoms with Gasteiger partial charge in [0.15, 0.2) is 0 Å². The lowest BCUT2D eigenvalue weighted by Crippen LogP contribution is -2.29. The Bertz CT molecular complexity index is 315. The molecule has 1 aromatic rings. The number of hydrogen-bond donors (Lipinski definition) is 1. The summed E-state index contributed by atoms with van der Waals surface area (Å²) in [4.78, 5) is 4.00. The van der Waals surface area contributed by atoms with E-state index < -0.39 is 0 Å². The summed E-state index contributed by atoms with van der Waals surface area (Å²) in [5.74, 6) is 0. The summed E-state index contributed by atoms with van der Waals surface area (Å²) in [5.41, 5.74) is 1.21. The summed E-state index contributed by atoms with van der Waals surface area (Å²) in [6, 6.07) is 2.67. The highest BCUT2D eigenvalue weighted by molar-refractivity contribution is 6.31. The quantitative estimate of drug-likeness (QED) is 0.763. The van der Waals surface area contributed by atoms with Crippen LogP contribution < -0.4 is 5.32 Å². The van der Waals surface area contributed by atoms with Gasteiger partial charge >= 0.3 is 0 Å². The highest BCUT2D eigenvalue weighted by Crippen LogP contribution is 2.16. The normalized spacial score (nSPS) is 12.6. The Morgan fingerprint density at radius 2 is 2.24 bits per heavy atom. The van der Waals surface area contributed by atoms with Gasteiger partial charge in [-0.2, -0.15) is 0 Å². The number of aromatic nitrogens is 1. The van der Waals surface area contributed by atoms with Crippen molar-refractivity contribution in [2.24, 2.45) is 0 Å².